The molecule has 3 nitrogen and oxygen atoms in total. The molecule has 2 aromatic rings. The molecule has 1 aromatic carbocycles. The number of hydrogen-bond acceptors (Lipinski definition) is 2. The minimum atomic E-state index is -0.317. The number of aryl methyl sites for hydroxylation is 1. The topological polar surface area (TPSA) is 54.7 Å². The third kappa shape index (κ3) is 2.59. The van der Waals surface area contributed by atoms with Gasteiger partial charge in [0.2, 0.25) is 0 Å². The van der Waals surface area contributed by atoms with Gasteiger partial charge < -0.3 is 10.7 Å². The van der Waals surface area contributed by atoms with Crippen molar-refractivity contribution in [1.29, 1.82) is 0 Å². The van der Waals surface area contributed by atoms with Crippen LogP contribution in [0.25, 0.3) is 11.0 Å². The van der Waals surface area contributed by atoms with Crippen LogP contribution < -0.4 is 5.73 Å². The maximum Gasteiger partial charge on any atom is 0.151 e. The summed E-state index contributed by atoms with van der Waals surface area (Å²) in [6.07, 6.45) is 0. The number of nitrogens with zero attached hydrogens (tertiary/aromatic N) is 1. The van der Waals surface area contributed by atoms with Crippen molar-refractivity contribution in [1.82, 2.24) is 9.97 Å². The molecule has 1 heterocycles. The minimum Gasteiger partial charge on any atom is -0.342 e. The van der Waals surface area contributed by atoms with Crippen molar-refractivity contribution in [2.24, 2.45) is 5.73 Å². The van der Waals surface area contributed by atoms with Gasteiger partial charge in [0.15, 0.2) is 5.82 Å². The van der Waals surface area contributed by atoms with E-state index in [1.54, 1.807) is 6.92 Å². The Morgan fingerprint density at radius 2 is 2.07 bits per heavy atom. The van der Waals surface area contributed by atoms with Crippen LogP contribution in [0, 0.1) is 12.7 Å². The van der Waals surface area contributed by atoms with Crippen molar-refractivity contribution < 1.29 is 4.39 Å². The minimum absolute atomic E-state index is 0. The Hall–Kier alpha value is -0.840. The summed E-state index contributed by atoms with van der Waals surface area (Å²) in [5.41, 5.74) is 7.28. The molecule has 2 rings (SSSR count). The first-order valence-electron chi connectivity index (χ1n) is 4.05. The lowest BCUT2D eigenvalue weighted by Gasteiger charge is -1.96. The molecule has 0 aliphatic heterocycles. The number of aromatic amines is 1. The predicted octanol–water partition coefficient (Wildman–Crippen LogP) is 2.31. The molecule has 0 unspecified atom stereocenters. The number of imidazole rings is 1. The van der Waals surface area contributed by atoms with E-state index in [0.29, 0.717) is 23.4 Å². The fraction of sp³-hybridized carbons (Fsp3) is 0.222. The summed E-state index contributed by atoms with van der Waals surface area (Å²) < 4.78 is 13.3. The van der Waals surface area contributed by atoms with E-state index in [-0.39, 0.29) is 30.6 Å². The maximum atomic E-state index is 13.3. The summed E-state index contributed by atoms with van der Waals surface area (Å²) in [5, 5.41) is 0. The van der Waals surface area contributed by atoms with Gasteiger partial charge in [0, 0.05) is 6.54 Å². The van der Waals surface area contributed by atoms with Crippen LogP contribution in [-0.4, -0.2) is 9.97 Å². The van der Waals surface area contributed by atoms with Gasteiger partial charge in [0.25, 0.3) is 0 Å². The predicted molar refractivity (Wildman–Crippen MR) is 63.2 cm³/mol. The van der Waals surface area contributed by atoms with Gasteiger partial charge in [-0.2, -0.15) is 0 Å². The van der Waals surface area contributed by atoms with Crippen LogP contribution in [0.2, 0.25) is 0 Å². The van der Waals surface area contributed by atoms with E-state index in [2.05, 4.69) is 9.97 Å². The molecule has 0 aliphatic carbocycles. The normalized spacial score (nSPS) is 9.53. The average molecular weight is 252 g/mol. The van der Waals surface area contributed by atoms with E-state index in [1.807, 2.05) is 6.07 Å². The van der Waals surface area contributed by atoms with Crippen LogP contribution in [-0.2, 0) is 6.54 Å². The second kappa shape index (κ2) is 5.30. The fourth-order valence-electron chi connectivity index (χ4n) is 1.37. The number of rotatable bonds is 1. The molecule has 0 atom stereocenters. The van der Waals surface area contributed by atoms with E-state index < -0.39 is 0 Å². The van der Waals surface area contributed by atoms with Gasteiger partial charge in [0.1, 0.15) is 11.3 Å². The van der Waals surface area contributed by atoms with Gasteiger partial charge in [-0.05, 0) is 24.6 Å². The highest BCUT2D eigenvalue weighted by molar-refractivity contribution is 5.85. The first-order valence-corrected chi connectivity index (χ1v) is 4.05. The summed E-state index contributed by atoms with van der Waals surface area (Å²) in [6, 6.07) is 3.24. The number of fused-ring (bicyclic) bond motifs is 1. The molecule has 0 amide bonds. The molecule has 0 bridgehead atoms. The van der Waals surface area contributed by atoms with Crippen molar-refractivity contribution in [3.8, 4) is 0 Å². The molecule has 84 valence electrons. The van der Waals surface area contributed by atoms with E-state index in [1.165, 1.54) is 6.07 Å². The summed E-state index contributed by atoms with van der Waals surface area (Å²) in [6.45, 7) is 2.13. The Morgan fingerprint density at radius 1 is 1.40 bits per heavy atom. The summed E-state index contributed by atoms with van der Waals surface area (Å²) in [7, 11) is 0. The van der Waals surface area contributed by atoms with Crippen LogP contribution in [0.5, 0.6) is 0 Å². The standard InChI is InChI=1S/C9H10FN3.2ClH/c1-5-12-8-3-6(4-11)2-7(10)9(8)13-5;;/h2-3H,4,11H2,1H3,(H,12,13);2*1H. The number of aromatic nitrogens is 2. The lowest BCUT2D eigenvalue weighted by molar-refractivity contribution is 0.635. The highest BCUT2D eigenvalue weighted by Gasteiger charge is 2.06. The number of benzene rings is 1. The molecule has 0 spiro atoms. The van der Waals surface area contributed by atoms with Crippen molar-refractivity contribution >= 4 is 35.8 Å². The zero-order valence-electron chi connectivity index (χ0n) is 8.08. The second-order valence-electron chi connectivity index (χ2n) is 3.00. The first-order chi connectivity index (χ1) is 6.20. The molecule has 3 N–H and O–H groups in total. The highest BCUT2D eigenvalue weighted by atomic mass is 35.5. The lowest BCUT2D eigenvalue weighted by atomic mass is 10.2. The van der Waals surface area contributed by atoms with E-state index in [0.717, 1.165) is 5.56 Å². The number of hydrogen-bond donors (Lipinski definition) is 2. The quantitative estimate of drug-likeness (QED) is 0.818. The Labute approximate surface area is 99.1 Å². The molecule has 15 heavy (non-hydrogen) atoms. The largest absolute Gasteiger partial charge is 0.342 e. The van der Waals surface area contributed by atoms with Crippen molar-refractivity contribution in [2.75, 3.05) is 0 Å². The highest BCUT2D eigenvalue weighted by Crippen LogP contribution is 2.17. The third-order valence-electron chi connectivity index (χ3n) is 1.95. The Morgan fingerprint density at radius 3 is 2.67 bits per heavy atom. The number of H-pyrrole nitrogens is 1. The zero-order valence-corrected chi connectivity index (χ0v) is 9.71. The summed E-state index contributed by atoms with van der Waals surface area (Å²) in [5.74, 6) is 0.394. The van der Waals surface area contributed by atoms with Gasteiger partial charge in [-0.25, -0.2) is 9.37 Å². The van der Waals surface area contributed by atoms with Crippen LogP contribution in [0.3, 0.4) is 0 Å². The van der Waals surface area contributed by atoms with Gasteiger partial charge >= 0.3 is 0 Å². The second-order valence-corrected chi connectivity index (χ2v) is 3.00. The molecule has 0 radical (unpaired) electrons. The first kappa shape index (κ1) is 14.2. The molecule has 0 saturated heterocycles. The molecule has 0 saturated carbocycles. The van der Waals surface area contributed by atoms with Crippen molar-refractivity contribution in [3.05, 3.63) is 29.3 Å². The van der Waals surface area contributed by atoms with Crippen LogP contribution in [0.1, 0.15) is 11.4 Å². The molecule has 6 heteroatoms. The Bertz CT molecular complexity index is 456. The lowest BCUT2D eigenvalue weighted by Crippen LogP contribution is -1.96. The van der Waals surface area contributed by atoms with E-state index in [4.69, 9.17) is 5.73 Å². The summed E-state index contributed by atoms with van der Waals surface area (Å²) >= 11 is 0. The van der Waals surface area contributed by atoms with E-state index in [9.17, 15) is 4.39 Å². The van der Waals surface area contributed by atoms with Crippen LogP contribution >= 0.6 is 24.8 Å². The van der Waals surface area contributed by atoms with E-state index >= 15 is 0 Å². The molecule has 0 aliphatic rings. The maximum absolute atomic E-state index is 13.3. The monoisotopic (exact) mass is 251 g/mol. The molecule has 1 aromatic heterocycles. The molecular weight excluding hydrogens is 240 g/mol. The van der Waals surface area contributed by atoms with Gasteiger partial charge in [-0.15, -0.1) is 24.8 Å². The van der Waals surface area contributed by atoms with Crippen LogP contribution in [0.15, 0.2) is 12.1 Å². The van der Waals surface area contributed by atoms with Crippen molar-refractivity contribution in [3.63, 3.8) is 0 Å². The van der Waals surface area contributed by atoms with Gasteiger partial charge in [0.05, 0.1) is 5.52 Å². The molecule has 0 fully saturated rings. The smallest absolute Gasteiger partial charge is 0.151 e. The third-order valence-corrected chi connectivity index (χ3v) is 1.95. The van der Waals surface area contributed by atoms with Crippen LogP contribution in [0.4, 0.5) is 4.39 Å². The van der Waals surface area contributed by atoms with Gasteiger partial charge in [-0.3, -0.25) is 0 Å². The number of nitrogens with two attached hydrogens (primary N) is 1. The number of nitrogens with one attached hydrogen (secondary N) is 1. The SMILES string of the molecule is Cc1nc2c(F)cc(CN)cc2[nH]1.Cl.Cl. The average Bonchev–Trinajstić information content (AvgIpc) is 2.46. The zero-order chi connectivity index (χ0) is 9.42. The molecular formula is C9H12Cl2FN3. The van der Waals surface area contributed by atoms with Crippen molar-refractivity contribution in [2.45, 2.75) is 13.5 Å². The summed E-state index contributed by atoms with van der Waals surface area (Å²) in [4.78, 5) is 6.98. The van der Waals surface area contributed by atoms with Gasteiger partial charge in [-0.1, -0.05) is 0 Å². The fourth-order valence-corrected chi connectivity index (χ4v) is 1.37. The Balaban J connectivity index is 0.000000980. The Kier molecular flexibility index (Phi) is 5.00. The number of halogens is 3.